The Kier molecular flexibility index (Phi) is 3.53. The van der Waals surface area contributed by atoms with Gasteiger partial charge in [0.05, 0.1) is 7.11 Å². The summed E-state index contributed by atoms with van der Waals surface area (Å²) in [6.45, 7) is 2.61. The van der Waals surface area contributed by atoms with E-state index in [-0.39, 0.29) is 0 Å². The van der Waals surface area contributed by atoms with E-state index in [2.05, 4.69) is 6.07 Å². The molecule has 0 spiro atoms. The number of rotatable bonds is 3. The third kappa shape index (κ3) is 2.92. The van der Waals surface area contributed by atoms with Crippen LogP contribution in [-0.4, -0.2) is 13.7 Å². The van der Waals surface area contributed by atoms with Crippen LogP contribution in [0.4, 0.5) is 0 Å². The van der Waals surface area contributed by atoms with Crippen molar-refractivity contribution in [3.63, 3.8) is 0 Å². The molecule has 0 saturated carbocycles. The first-order valence-electron chi connectivity index (χ1n) is 4.28. The van der Waals surface area contributed by atoms with E-state index in [1.165, 1.54) is 5.56 Å². The second-order valence-electron chi connectivity index (χ2n) is 2.92. The fourth-order valence-electron chi connectivity index (χ4n) is 1.19. The zero-order valence-electron chi connectivity index (χ0n) is 8.08. The molecule has 0 bridgehead atoms. The summed E-state index contributed by atoms with van der Waals surface area (Å²) >= 11 is 0. The van der Waals surface area contributed by atoms with Crippen molar-refractivity contribution < 1.29 is 4.74 Å². The van der Waals surface area contributed by atoms with Crippen LogP contribution in [-0.2, 0) is 0 Å². The van der Waals surface area contributed by atoms with Gasteiger partial charge in [-0.05, 0) is 30.2 Å². The van der Waals surface area contributed by atoms with Crippen LogP contribution in [0.25, 0.3) is 6.08 Å². The summed E-state index contributed by atoms with van der Waals surface area (Å²) in [7, 11) is 1.67. The van der Waals surface area contributed by atoms with Crippen LogP contribution in [0.15, 0.2) is 24.3 Å². The minimum absolute atomic E-state index is 0.566. The average molecular weight is 177 g/mol. The molecule has 1 rings (SSSR count). The van der Waals surface area contributed by atoms with Gasteiger partial charge in [-0.2, -0.15) is 0 Å². The second kappa shape index (κ2) is 4.67. The van der Waals surface area contributed by atoms with Gasteiger partial charge < -0.3 is 10.5 Å². The molecular weight excluding hydrogens is 162 g/mol. The summed E-state index contributed by atoms with van der Waals surface area (Å²) in [5.41, 5.74) is 7.68. The number of aryl methyl sites for hydroxylation is 1. The van der Waals surface area contributed by atoms with Crippen LogP contribution in [0.1, 0.15) is 11.1 Å². The van der Waals surface area contributed by atoms with Gasteiger partial charge in [0.15, 0.2) is 0 Å². The Labute approximate surface area is 79.0 Å². The van der Waals surface area contributed by atoms with E-state index in [1.807, 2.05) is 31.2 Å². The Morgan fingerprint density at radius 3 is 2.77 bits per heavy atom. The molecule has 1 aromatic rings. The van der Waals surface area contributed by atoms with Gasteiger partial charge in [-0.15, -0.1) is 0 Å². The van der Waals surface area contributed by atoms with E-state index in [0.717, 1.165) is 11.3 Å². The molecule has 2 N–H and O–H groups in total. The van der Waals surface area contributed by atoms with Gasteiger partial charge in [-0.3, -0.25) is 0 Å². The van der Waals surface area contributed by atoms with Gasteiger partial charge in [-0.25, -0.2) is 0 Å². The Hall–Kier alpha value is -1.28. The summed E-state index contributed by atoms with van der Waals surface area (Å²) in [5, 5.41) is 0. The molecule has 0 aromatic heterocycles. The smallest absolute Gasteiger partial charge is 0.119 e. The molecule has 70 valence electrons. The maximum atomic E-state index is 5.37. The number of hydrogen-bond acceptors (Lipinski definition) is 2. The quantitative estimate of drug-likeness (QED) is 0.766. The lowest BCUT2D eigenvalue weighted by Gasteiger charge is -2.02. The molecule has 0 aliphatic rings. The normalized spacial score (nSPS) is 10.7. The highest BCUT2D eigenvalue weighted by Gasteiger charge is 1.94. The first-order chi connectivity index (χ1) is 6.26. The van der Waals surface area contributed by atoms with Crippen LogP contribution >= 0.6 is 0 Å². The summed E-state index contributed by atoms with van der Waals surface area (Å²) in [6, 6.07) is 6.08. The fourth-order valence-corrected chi connectivity index (χ4v) is 1.19. The van der Waals surface area contributed by atoms with Crippen molar-refractivity contribution >= 4 is 6.08 Å². The standard InChI is InChI=1S/C11H15NO/c1-9-6-10(4-3-5-12)8-11(7-9)13-2/h3-4,6-8H,5,12H2,1-2H3. The molecule has 2 nitrogen and oxygen atoms in total. The van der Waals surface area contributed by atoms with Crippen molar-refractivity contribution in [1.29, 1.82) is 0 Å². The highest BCUT2D eigenvalue weighted by molar-refractivity contribution is 5.53. The van der Waals surface area contributed by atoms with E-state index in [1.54, 1.807) is 7.11 Å². The predicted molar refractivity (Wildman–Crippen MR) is 55.8 cm³/mol. The fraction of sp³-hybridized carbons (Fsp3) is 0.273. The Balaban J connectivity index is 2.94. The zero-order chi connectivity index (χ0) is 9.68. The van der Waals surface area contributed by atoms with Gasteiger partial charge in [0.1, 0.15) is 5.75 Å². The molecule has 0 amide bonds. The van der Waals surface area contributed by atoms with Crippen LogP contribution in [0.3, 0.4) is 0 Å². The van der Waals surface area contributed by atoms with Crippen LogP contribution in [0, 0.1) is 6.92 Å². The minimum Gasteiger partial charge on any atom is -0.497 e. The van der Waals surface area contributed by atoms with Crippen molar-refractivity contribution in [3.05, 3.63) is 35.4 Å². The molecule has 0 aliphatic carbocycles. The molecular formula is C11H15NO. The van der Waals surface area contributed by atoms with Crippen molar-refractivity contribution in [2.24, 2.45) is 5.73 Å². The molecule has 13 heavy (non-hydrogen) atoms. The van der Waals surface area contributed by atoms with Crippen molar-refractivity contribution in [2.75, 3.05) is 13.7 Å². The SMILES string of the molecule is COc1cc(C)cc(C=CCN)c1. The van der Waals surface area contributed by atoms with Crippen molar-refractivity contribution in [1.82, 2.24) is 0 Å². The lowest BCUT2D eigenvalue weighted by atomic mass is 10.1. The molecule has 2 heteroatoms. The highest BCUT2D eigenvalue weighted by atomic mass is 16.5. The number of benzene rings is 1. The first kappa shape index (κ1) is 9.81. The first-order valence-corrected chi connectivity index (χ1v) is 4.28. The number of ether oxygens (including phenoxy) is 1. The lowest BCUT2D eigenvalue weighted by molar-refractivity contribution is 0.414. The topological polar surface area (TPSA) is 35.2 Å². The van der Waals surface area contributed by atoms with Gasteiger partial charge in [0.25, 0.3) is 0 Å². The molecule has 0 saturated heterocycles. The molecule has 0 atom stereocenters. The maximum absolute atomic E-state index is 5.37. The average Bonchev–Trinajstić information content (AvgIpc) is 2.14. The minimum atomic E-state index is 0.566. The lowest BCUT2D eigenvalue weighted by Crippen LogP contribution is -1.92. The third-order valence-electron chi connectivity index (χ3n) is 1.76. The number of methoxy groups -OCH3 is 1. The molecule has 0 fully saturated rings. The van der Waals surface area contributed by atoms with E-state index < -0.39 is 0 Å². The molecule has 0 heterocycles. The largest absolute Gasteiger partial charge is 0.497 e. The van der Waals surface area contributed by atoms with Gasteiger partial charge in [0.2, 0.25) is 0 Å². The molecule has 0 aliphatic heterocycles. The monoisotopic (exact) mass is 177 g/mol. The van der Waals surface area contributed by atoms with Crippen molar-refractivity contribution in [2.45, 2.75) is 6.92 Å². The van der Waals surface area contributed by atoms with Crippen LogP contribution in [0.5, 0.6) is 5.75 Å². The summed E-state index contributed by atoms with van der Waals surface area (Å²) in [5.74, 6) is 0.886. The van der Waals surface area contributed by atoms with E-state index >= 15 is 0 Å². The molecule has 0 radical (unpaired) electrons. The molecule has 0 unspecified atom stereocenters. The van der Waals surface area contributed by atoms with Gasteiger partial charge in [0, 0.05) is 6.54 Å². The van der Waals surface area contributed by atoms with E-state index in [0.29, 0.717) is 6.54 Å². The van der Waals surface area contributed by atoms with Gasteiger partial charge in [-0.1, -0.05) is 18.2 Å². The molecule has 1 aromatic carbocycles. The summed E-state index contributed by atoms with van der Waals surface area (Å²) in [6.07, 6.45) is 3.92. The second-order valence-corrected chi connectivity index (χ2v) is 2.92. The number of hydrogen-bond donors (Lipinski definition) is 1. The van der Waals surface area contributed by atoms with E-state index in [9.17, 15) is 0 Å². The van der Waals surface area contributed by atoms with Crippen LogP contribution in [0.2, 0.25) is 0 Å². The van der Waals surface area contributed by atoms with Gasteiger partial charge >= 0.3 is 0 Å². The highest BCUT2D eigenvalue weighted by Crippen LogP contribution is 2.17. The Bertz CT molecular complexity index is 305. The third-order valence-corrected chi connectivity index (χ3v) is 1.76. The number of nitrogens with two attached hydrogens (primary N) is 1. The van der Waals surface area contributed by atoms with Crippen molar-refractivity contribution in [3.8, 4) is 5.75 Å². The predicted octanol–water partition coefficient (Wildman–Crippen LogP) is 1.98. The zero-order valence-corrected chi connectivity index (χ0v) is 8.08. The van der Waals surface area contributed by atoms with E-state index in [4.69, 9.17) is 10.5 Å². The Morgan fingerprint density at radius 2 is 2.15 bits per heavy atom. The Morgan fingerprint density at radius 1 is 1.38 bits per heavy atom. The summed E-state index contributed by atoms with van der Waals surface area (Å²) < 4.78 is 5.15. The summed E-state index contributed by atoms with van der Waals surface area (Å²) in [4.78, 5) is 0. The maximum Gasteiger partial charge on any atom is 0.119 e. The van der Waals surface area contributed by atoms with Crippen LogP contribution < -0.4 is 10.5 Å².